The van der Waals surface area contributed by atoms with Crippen LogP contribution in [0, 0.1) is 0 Å². The predicted molar refractivity (Wildman–Crippen MR) is 87.9 cm³/mol. The highest BCUT2D eigenvalue weighted by Crippen LogP contribution is 2.19. The summed E-state index contributed by atoms with van der Waals surface area (Å²) in [6, 6.07) is 5.64. The number of nitrogens with two attached hydrogens (primary N) is 3. The fourth-order valence-corrected chi connectivity index (χ4v) is 2.49. The lowest BCUT2D eigenvalue weighted by molar-refractivity contribution is 0.296. The second-order valence-corrected chi connectivity index (χ2v) is 5.13. The molecule has 0 bridgehead atoms. The Morgan fingerprint density at radius 1 is 1.32 bits per heavy atom. The van der Waals surface area contributed by atoms with Crippen molar-refractivity contribution in [1.82, 2.24) is 20.4 Å². The van der Waals surface area contributed by atoms with Crippen LogP contribution in [-0.4, -0.2) is 47.1 Å². The van der Waals surface area contributed by atoms with E-state index in [0.29, 0.717) is 17.5 Å². The van der Waals surface area contributed by atoms with Crippen LogP contribution in [0.3, 0.4) is 0 Å². The van der Waals surface area contributed by atoms with Gasteiger partial charge in [-0.2, -0.15) is 5.10 Å². The molecular weight excluding hydrogens is 280 g/mol. The number of hydrogen-bond acceptors (Lipinski definition) is 6. The van der Waals surface area contributed by atoms with Crippen molar-refractivity contribution in [2.24, 2.45) is 16.5 Å². The van der Waals surface area contributed by atoms with Crippen LogP contribution < -0.4 is 22.5 Å². The number of piperazine rings is 1. The van der Waals surface area contributed by atoms with E-state index in [2.05, 4.69) is 25.4 Å². The smallest absolute Gasteiger partial charge is 0.153 e. The number of nitrogens with one attached hydrogen (secondary N) is 2. The maximum atomic E-state index is 6.13. The lowest BCUT2D eigenvalue weighted by Gasteiger charge is -2.29. The third-order valence-electron chi connectivity index (χ3n) is 3.71. The van der Waals surface area contributed by atoms with Crippen molar-refractivity contribution < 1.29 is 0 Å². The molecule has 0 atom stereocenters. The molecule has 8 N–H and O–H groups in total. The summed E-state index contributed by atoms with van der Waals surface area (Å²) >= 11 is 0. The van der Waals surface area contributed by atoms with Crippen LogP contribution >= 0.6 is 0 Å². The monoisotopic (exact) mass is 300 g/mol. The first-order valence-corrected chi connectivity index (χ1v) is 7.14. The molecule has 1 aromatic heterocycles. The van der Waals surface area contributed by atoms with E-state index in [1.165, 1.54) is 6.20 Å². The molecular formula is C14H20N8. The van der Waals surface area contributed by atoms with Crippen molar-refractivity contribution in [2.75, 3.05) is 31.9 Å². The van der Waals surface area contributed by atoms with Gasteiger partial charge < -0.3 is 27.4 Å². The van der Waals surface area contributed by atoms with Gasteiger partial charge in [-0.25, -0.2) is 4.99 Å². The Labute approximate surface area is 128 Å². The van der Waals surface area contributed by atoms with Crippen LogP contribution in [0.25, 0.3) is 10.9 Å². The van der Waals surface area contributed by atoms with E-state index in [0.717, 1.165) is 42.6 Å². The standard InChI is InChI=1S/C14H20N8/c15-8-12(22-5-3-18-4-6-22)19-13(16)9-1-2-11-10(7-9)14(17)21-20-11/h1-2,7-8,18H,3-6,15H2,(H2,16,19)(H3,17,20,21)/b12-8+. The van der Waals surface area contributed by atoms with Gasteiger partial charge in [-0.05, 0) is 18.2 Å². The van der Waals surface area contributed by atoms with Crippen LogP contribution in [0.2, 0.25) is 0 Å². The van der Waals surface area contributed by atoms with Gasteiger partial charge in [0, 0.05) is 43.3 Å². The number of nitrogen functional groups attached to an aromatic ring is 1. The molecule has 1 aliphatic heterocycles. The lowest BCUT2D eigenvalue weighted by atomic mass is 10.1. The third kappa shape index (κ3) is 2.68. The molecule has 8 heteroatoms. The summed E-state index contributed by atoms with van der Waals surface area (Å²) < 4.78 is 0. The molecule has 0 aliphatic carbocycles. The molecule has 1 aliphatic rings. The molecule has 2 aromatic rings. The highest BCUT2D eigenvalue weighted by Gasteiger charge is 2.13. The van der Waals surface area contributed by atoms with Crippen LogP contribution in [0.5, 0.6) is 0 Å². The summed E-state index contributed by atoms with van der Waals surface area (Å²) in [5.74, 6) is 1.53. The van der Waals surface area contributed by atoms with Crippen molar-refractivity contribution >= 4 is 22.6 Å². The van der Waals surface area contributed by atoms with E-state index in [9.17, 15) is 0 Å². The minimum Gasteiger partial charge on any atom is -0.402 e. The Morgan fingerprint density at radius 2 is 2.09 bits per heavy atom. The van der Waals surface area contributed by atoms with E-state index >= 15 is 0 Å². The Kier molecular flexibility index (Phi) is 3.84. The second kappa shape index (κ2) is 5.94. The number of fused-ring (bicyclic) bond motifs is 1. The number of aromatic nitrogens is 2. The summed E-state index contributed by atoms with van der Waals surface area (Å²) in [6.45, 7) is 3.52. The molecule has 22 heavy (non-hydrogen) atoms. The maximum Gasteiger partial charge on any atom is 0.153 e. The summed E-state index contributed by atoms with van der Waals surface area (Å²) in [5.41, 5.74) is 19.3. The predicted octanol–water partition coefficient (Wildman–Crippen LogP) is -0.487. The molecule has 1 aromatic carbocycles. The quantitative estimate of drug-likeness (QED) is 0.383. The van der Waals surface area contributed by atoms with Gasteiger partial charge >= 0.3 is 0 Å². The normalized spacial score (nSPS) is 17.2. The summed E-state index contributed by atoms with van der Waals surface area (Å²) in [5, 5.41) is 10.9. The summed E-state index contributed by atoms with van der Waals surface area (Å²) in [4.78, 5) is 6.57. The minimum absolute atomic E-state index is 0.401. The zero-order valence-corrected chi connectivity index (χ0v) is 12.2. The summed E-state index contributed by atoms with van der Waals surface area (Å²) in [7, 11) is 0. The topological polar surface area (TPSA) is 134 Å². The largest absolute Gasteiger partial charge is 0.402 e. The maximum absolute atomic E-state index is 6.13. The third-order valence-corrected chi connectivity index (χ3v) is 3.71. The molecule has 8 nitrogen and oxygen atoms in total. The Morgan fingerprint density at radius 3 is 2.82 bits per heavy atom. The lowest BCUT2D eigenvalue weighted by Crippen LogP contribution is -2.43. The number of amidine groups is 1. The number of rotatable bonds is 3. The number of aliphatic imine (C=N–C) groups is 1. The van der Waals surface area contributed by atoms with Crippen LogP contribution in [0.15, 0.2) is 35.2 Å². The molecule has 116 valence electrons. The van der Waals surface area contributed by atoms with Gasteiger partial charge in [-0.15, -0.1) is 0 Å². The molecule has 2 heterocycles. The molecule has 0 radical (unpaired) electrons. The SMILES string of the molecule is N/C=C(\N=C(/N)c1ccc2[nH]nc(N)c2c1)N1CCNCC1. The minimum atomic E-state index is 0.401. The fraction of sp³-hybridized carbons (Fsp3) is 0.286. The number of anilines is 1. The summed E-state index contributed by atoms with van der Waals surface area (Å²) in [6.07, 6.45) is 1.49. The average molecular weight is 300 g/mol. The van der Waals surface area contributed by atoms with Crippen molar-refractivity contribution in [3.8, 4) is 0 Å². The van der Waals surface area contributed by atoms with E-state index in [4.69, 9.17) is 17.2 Å². The highest BCUT2D eigenvalue weighted by atomic mass is 15.3. The molecule has 0 spiro atoms. The van der Waals surface area contributed by atoms with Crippen molar-refractivity contribution in [3.05, 3.63) is 35.8 Å². The first-order chi connectivity index (χ1) is 10.7. The Balaban J connectivity index is 1.89. The molecule has 1 saturated heterocycles. The van der Waals surface area contributed by atoms with Gasteiger partial charge in [-0.1, -0.05) is 0 Å². The van der Waals surface area contributed by atoms with E-state index in [1.807, 2.05) is 18.2 Å². The van der Waals surface area contributed by atoms with E-state index < -0.39 is 0 Å². The van der Waals surface area contributed by atoms with Gasteiger partial charge in [0.05, 0.1) is 5.52 Å². The van der Waals surface area contributed by atoms with Gasteiger partial charge in [-0.3, -0.25) is 5.10 Å². The number of benzene rings is 1. The zero-order valence-electron chi connectivity index (χ0n) is 12.2. The number of H-pyrrole nitrogens is 1. The Hall–Kier alpha value is -2.74. The van der Waals surface area contributed by atoms with Crippen LogP contribution in [0.1, 0.15) is 5.56 Å². The highest BCUT2D eigenvalue weighted by molar-refractivity contribution is 6.02. The molecule has 0 amide bonds. The van der Waals surface area contributed by atoms with E-state index in [1.54, 1.807) is 0 Å². The Bertz CT molecular complexity index is 724. The number of aromatic amines is 1. The number of hydrogen-bond donors (Lipinski definition) is 5. The molecule has 3 rings (SSSR count). The first kappa shape index (κ1) is 14.2. The van der Waals surface area contributed by atoms with Crippen molar-refractivity contribution in [3.63, 3.8) is 0 Å². The zero-order chi connectivity index (χ0) is 15.5. The van der Waals surface area contributed by atoms with Crippen LogP contribution in [0.4, 0.5) is 5.82 Å². The molecule has 0 saturated carbocycles. The van der Waals surface area contributed by atoms with Crippen molar-refractivity contribution in [1.29, 1.82) is 0 Å². The van der Waals surface area contributed by atoms with Gasteiger partial charge in [0.25, 0.3) is 0 Å². The fourth-order valence-electron chi connectivity index (χ4n) is 2.49. The van der Waals surface area contributed by atoms with Crippen molar-refractivity contribution in [2.45, 2.75) is 0 Å². The molecule has 0 unspecified atom stereocenters. The van der Waals surface area contributed by atoms with Crippen LogP contribution in [-0.2, 0) is 0 Å². The molecule has 1 fully saturated rings. The van der Waals surface area contributed by atoms with E-state index in [-0.39, 0.29) is 0 Å². The first-order valence-electron chi connectivity index (χ1n) is 7.14. The van der Waals surface area contributed by atoms with Gasteiger partial charge in [0.1, 0.15) is 11.7 Å². The van der Waals surface area contributed by atoms with Gasteiger partial charge in [0.2, 0.25) is 0 Å². The van der Waals surface area contributed by atoms with Gasteiger partial charge in [0.15, 0.2) is 5.82 Å². The number of nitrogens with zero attached hydrogens (tertiary/aromatic N) is 3. The average Bonchev–Trinajstić information content (AvgIpc) is 2.94. The second-order valence-electron chi connectivity index (χ2n) is 5.13.